The van der Waals surface area contributed by atoms with Gasteiger partial charge in [0.15, 0.2) is 5.82 Å². The second-order valence-corrected chi connectivity index (χ2v) is 12.4. The van der Waals surface area contributed by atoms with Crippen LogP contribution in [-0.2, 0) is 0 Å². The third kappa shape index (κ3) is 4.34. The van der Waals surface area contributed by atoms with E-state index in [1.165, 1.54) is 30.5 Å². The number of halogens is 3. The van der Waals surface area contributed by atoms with E-state index < -0.39 is 23.3 Å². The molecule has 0 spiro atoms. The van der Waals surface area contributed by atoms with E-state index in [1.54, 1.807) is 0 Å². The second kappa shape index (κ2) is 10.2. The Balaban J connectivity index is 1.27. The van der Waals surface area contributed by atoms with Crippen LogP contribution in [0, 0.1) is 24.0 Å². The average Bonchev–Trinajstić information content (AvgIpc) is 3.63. The topological polar surface area (TPSA) is 86.6 Å². The summed E-state index contributed by atoms with van der Waals surface area (Å²) in [7, 11) is 0. The minimum Gasteiger partial charge on any atom is -0.508 e. The van der Waals surface area contributed by atoms with Crippen molar-refractivity contribution in [2.75, 3.05) is 37.7 Å². The van der Waals surface area contributed by atoms with Crippen LogP contribution in [0.2, 0.25) is 0 Å². The summed E-state index contributed by atoms with van der Waals surface area (Å²) in [5.74, 6) is 1.23. The molecule has 0 unspecified atom stereocenters. The lowest BCUT2D eigenvalue weighted by molar-refractivity contribution is 0.107. The standard InChI is InChI=1S/C33H31F3N6O2/c1-2-23-26(35)7-4-18-10-22(43)11-24(27(18)23)29-28(36)30-25(13-37-29)31(41-15-20-5-6-21(16-41)38-20)40-32(39-30)44-17-33-8-3-9-42(33)14-19(34)12-33/h1,4,7,10-11,13,19-21,38,43H,3,5-6,8-9,12,14-17H2/t19-,20-,21+,33+/m1/s1/i19D. The van der Waals surface area contributed by atoms with Crippen molar-refractivity contribution < 1.29 is 24.4 Å². The van der Waals surface area contributed by atoms with E-state index in [0.29, 0.717) is 42.6 Å². The fourth-order valence-electron chi connectivity index (χ4n) is 7.71. The quantitative estimate of drug-likeness (QED) is 0.319. The number of terminal acetylenes is 1. The van der Waals surface area contributed by atoms with Gasteiger partial charge in [-0.15, -0.1) is 6.42 Å². The van der Waals surface area contributed by atoms with E-state index in [0.717, 1.165) is 19.3 Å². The van der Waals surface area contributed by atoms with Crippen LogP contribution in [0.5, 0.6) is 11.8 Å². The van der Waals surface area contributed by atoms with E-state index in [1.807, 2.05) is 4.90 Å². The van der Waals surface area contributed by atoms with Crippen molar-refractivity contribution in [2.45, 2.75) is 55.9 Å². The SMILES string of the molecule is [2H][C@]1(F)CN2CCC[C@@]2(COc2nc(N3C[C@H]4CC[C@@H](C3)N4)c3cnc(-c4cc(O)cc5ccc(F)c(C#C)c45)c(F)c3n2)C1. The monoisotopic (exact) mass is 601 g/mol. The van der Waals surface area contributed by atoms with Crippen LogP contribution in [0.1, 0.15) is 39.0 Å². The van der Waals surface area contributed by atoms with Gasteiger partial charge >= 0.3 is 6.01 Å². The first kappa shape index (κ1) is 26.3. The molecule has 2 bridgehead atoms. The van der Waals surface area contributed by atoms with Gasteiger partial charge in [-0.2, -0.15) is 9.97 Å². The molecule has 0 radical (unpaired) electrons. The number of phenolic OH excluding ortho intramolecular Hbond substituents is 1. The van der Waals surface area contributed by atoms with Gasteiger partial charge in [0.05, 0.1) is 17.9 Å². The van der Waals surface area contributed by atoms with Crippen LogP contribution < -0.4 is 15.0 Å². The summed E-state index contributed by atoms with van der Waals surface area (Å²) in [5, 5.41) is 15.2. The van der Waals surface area contributed by atoms with E-state index in [9.17, 15) is 13.9 Å². The molecule has 11 heteroatoms. The van der Waals surface area contributed by atoms with E-state index in [-0.39, 0.29) is 71.1 Å². The van der Waals surface area contributed by atoms with Gasteiger partial charge in [0.25, 0.3) is 0 Å². The summed E-state index contributed by atoms with van der Waals surface area (Å²) >= 11 is 0. The fraction of sp³-hybridized carbons (Fsp3) is 0.424. The van der Waals surface area contributed by atoms with E-state index >= 15 is 4.39 Å². The van der Waals surface area contributed by atoms with Gasteiger partial charge in [-0.1, -0.05) is 12.0 Å². The van der Waals surface area contributed by atoms with Gasteiger partial charge < -0.3 is 20.1 Å². The van der Waals surface area contributed by atoms with Gasteiger partial charge in [-0.05, 0) is 55.8 Å². The van der Waals surface area contributed by atoms with Crippen LogP contribution in [0.15, 0.2) is 30.5 Å². The lowest BCUT2D eigenvalue weighted by Crippen LogP contribution is -2.51. The van der Waals surface area contributed by atoms with Crippen molar-refractivity contribution in [1.82, 2.24) is 25.2 Å². The summed E-state index contributed by atoms with van der Waals surface area (Å²) in [5.41, 5.74) is -0.798. The zero-order chi connectivity index (χ0) is 31.1. The molecule has 4 aliphatic rings. The Morgan fingerprint density at radius 2 is 2.00 bits per heavy atom. The Morgan fingerprint density at radius 1 is 1.18 bits per heavy atom. The molecule has 4 aliphatic heterocycles. The largest absolute Gasteiger partial charge is 0.508 e. The summed E-state index contributed by atoms with van der Waals surface area (Å²) in [6.45, 7) is 2.09. The number of alkyl halides is 1. The molecule has 2 aromatic carbocycles. The highest BCUT2D eigenvalue weighted by Gasteiger charge is 2.49. The number of benzene rings is 2. The number of nitrogens with one attached hydrogen (secondary N) is 1. The van der Waals surface area contributed by atoms with Gasteiger partial charge in [0.1, 0.15) is 41.3 Å². The zero-order valence-corrected chi connectivity index (χ0v) is 23.9. The van der Waals surface area contributed by atoms with Crippen molar-refractivity contribution >= 4 is 27.5 Å². The molecule has 0 amide bonds. The normalized spacial score (nSPS) is 28.4. The number of rotatable bonds is 5. The third-order valence-electron chi connectivity index (χ3n) is 9.70. The average molecular weight is 602 g/mol. The number of hydrogen-bond acceptors (Lipinski definition) is 8. The van der Waals surface area contributed by atoms with Crippen molar-refractivity contribution in [3.63, 3.8) is 0 Å². The maximum absolute atomic E-state index is 16.8. The molecule has 0 saturated carbocycles. The number of anilines is 1. The van der Waals surface area contributed by atoms with Crippen LogP contribution in [0.25, 0.3) is 32.9 Å². The van der Waals surface area contributed by atoms with E-state index in [4.69, 9.17) is 17.5 Å². The molecule has 226 valence electrons. The number of ether oxygens (including phenoxy) is 1. The Labute approximate surface area is 253 Å². The van der Waals surface area contributed by atoms with Crippen LogP contribution in [0.3, 0.4) is 0 Å². The zero-order valence-electron chi connectivity index (χ0n) is 24.9. The molecule has 44 heavy (non-hydrogen) atoms. The highest BCUT2D eigenvalue weighted by Crippen LogP contribution is 2.42. The molecule has 2 N–H and O–H groups in total. The minimum atomic E-state index is -2.06. The highest BCUT2D eigenvalue weighted by molar-refractivity contribution is 6.03. The first-order valence-corrected chi connectivity index (χ1v) is 15.0. The predicted molar refractivity (Wildman–Crippen MR) is 160 cm³/mol. The number of piperazine rings is 1. The Kier molecular flexibility index (Phi) is 6.10. The van der Waals surface area contributed by atoms with Gasteiger partial charge in [-0.25, -0.2) is 13.2 Å². The summed E-state index contributed by atoms with van der Waals surface area (Å²) in [6.07, 6.45) is 8.72. The highest BCUT2D eigenvalue weighted by atomic mass is 19.1. The molecule has 4 aromatic rings. The van der Waals surface area contributed by atoms with Crippen LogP contribution >= 0.6 is 0 Å². The number of hydrogen-bond donors (Lipinski definition) is 2. The second-order valence-electron chi connectivity index (χ2n) is 12.4. The molecule has 0 aliphatic carbocycles. The minimum absolute atomic E-state index is 0.0165. The number of phenols is 1. The third-order valence-corrected chi connectivity index (χ3v) is 9.70. The molecule has 6 heterocycles. The lowest BCUT2D eigenvalue weighted by atomic mass is 9.95. The number of nitrogens with zero attached hydrogens (tertiary/aromatic N) is 5. The van der Waals surface area contributed by atoms with Crippen molar-refractivity contribution in [3.8, 4) is 35.4 Å². The Morgan fingerprint density at radius 3 is 2.80 bits per heavy atom. The first-order valence-electron chi connectivity index (χ1n) is 15.5. The van der Waals surface area contributed by atoms with Gasteiger partial charge in [0, 0.05) is 55.3 Å². The molecule has 4 saturated heterocycles. The van der Waals surface area contributed by atoms with Crippen LogP contribution in [0.4, 0.5) is 19.0 Å². The van der Waals surface area contributed by atoms with Crippen molar-refractivity contribution in [1.29, 1.82) is 0 Å². The smallest absolute Gasteiger partial charge is 0.319 e. The molecule has 4 atom stereocenters. The number of aromatic nitrogens is 3. The first-order chi connectivity index (χ1) is 21.6. The number of pyridine rings is 1. The number of fused-ring (bicyclic) bond motifs is 5. The van der Waals surface area contributed by atoms with E-state index in [2.05, 4.69) is 26.1 Å². The Hall–Kier alpha value is -4.14. The molecule has 4 fully saturated rings. The molecular weight excluding hydrogens is 569 g/mol. The van der Waals surface area contributed by atoms with Crippen molar-refractivity contribution in [3.05, 3.63) is 47.7 Å². The number of aromatic hydroxyl groups is 1. The molecule has 8 nitrogen and oxygen atoms in total. The van der Waals surface area contributed by atoms with Crippen LogP contribution in [-0.4, -0.2) is 81.5 Å². The maximum atomic E-state index is 16.8. The molecule has 8 rings (SSSR count). The summed E-state index contributed by atoms with van der Waals surface area (Å²) in [4.78, 5) is 17.8. The maximum Gasteiger partial charge on any atom is 0.319 e. The summed E-state index contributed by atoms with van der Waals surface area (Å²) < 4.78 is 60.6. The van der Waals surface area contributed by atoms with Crippen molar-refractivity contribution in [2.24, 2.45) is 0 Å². The van der Waals surface area contributed by atoms with Gasteiger partial charge in [0.2, 0.25) is 0 Å². The van der Waals surface area contributed by atoms with Gasteiger partial charge in [-0.3, -0.25) is 9.88 Å². The Bertz CT molecular complexity index is 1910. The fourth-order valence-corrected chi connectivity index (χ4v) is 7.71. The molecular formula is C33H31F3N6O2. The lowest BCUT2D eigenvalue weighted by Gasteiger charge is -2.34. The molecule has 2 aromatic heterocycles. The predicted octanol–water partition coefficient (Wildman–Crippen LogP) is 4.71. The summed E-state index contributed by atoms with van der Waals surface area (Å²) in [6, 6.07) is 5.90.